The second kappa shape index (κ2) is 9.63. The van der Waals surface area contributed by atoms with Crippen molar-refractivity contribution in [1.29, 1.82) is 5.26 Å². The van der Waals surface area contributed by atoms with E-state index >= 15 is 0 Å². The van der Waals surface area contributed by atoms with E-state index in [9.17, 15) is 5.26 Å². The van der Waals surface area contributed by atoms with Crippen molar-refractivity contribution in [2.45, 2.75) is 6.54 Å². The third-order valence-corrected chi connectivity index (χ3v) is 7.70. The monoisotopic (exact) mass is 528 g/mol. The normalized spacial score (nSPS) is 14.3. The van der Waals surface area contributed by atoms with Gasteiger partial charge >= 0.3 is 0 Å². The fraction of sp³-hybridized carbons (Fsp3) is 0.233. The first kappa shape index (κ1) is 24.1. The summed E-state index contributed by atoms with van der Waals surface area (Å²) >= 11 is 0. The first-order valence-electron chi connectivity index (χ1n) is 13.3. The van der Waals surface area contributed by atoms with Crippen LogP contribution in [0.1, 0.15) is 11.3 Å². The Morgan fingerprint density at radius 3 is 2.48 bits per heavy atom. The molecular formula is C30H28N10. The predicted octanol–water partition coefficient (Wildman–Crippen LogP) is 3.88. The van der Waals surface area contributed by atoms with Crippen LogP contribution in [0.4, 0.5) is 5.82 Å². The number of benzene rings is 1. The van der Waals surface area contributed by atoms with Crippen LogP contribution in [0.15, 0.2) is 73.6 Å². The molecule has 0 aliphatic carbocycles. The highest BCUT2D eigenvalue weighted by Crippen LogP contribution is 2.30. The molecule has 0 bridgehead atoms. The minimum Gasteiger partial charge on any atom is -0.354 e. The molecule has 0 N–H and O–H groups in total. The van der Waals surface area contributed by atoms with Crippen molar-refractivity contribution in [3.05, 3.63) is 84.8 Å². The topological polar surface area (TPSA) is 96.1 Å². The van der Waals surface area contributed by atoms with Crippen molar-refractivity contribution in [3.63, 3.8) is 0 Å². The minimum atomic E-state index is 0.491. The Labute approximate surface area is 231 Å². The Bertz CT molecular complexity index is 1880. The highest BCUT2D eigenvalue weighted by molar-refractivity contribution is 5.77. The van der Waals surface area contributed by atoms with Crippen molar-refractivity contribution in [2.75, 3.05) is 31.1 Å². The second-order valence-corrected chi connectivity index (χ2v) is 10.3. The lowest BCUT2D eigenvalue weighted by molar-refractivity contribution is 0.249. The second-order valence-electron chi connectivity index (χ2n) is 10.3. The van der Waals surface area contributed by atoms with E-state index in [1.165, 1.54) is 11.1 Å². The highest BCUT2D eigenvalue weighted by Gasteiger charge is 2.19. The first-order chi connectivity index (χ1) is 19.6. The van der Waals surface area contributed by atoms with E-state index in [-0.39, 0.29) is 0 Å². The molecule has 0 amide bonds. The Balaban J connectivity index is 1.10. The van der Waals surface area contributed by atoms with Gasteiger partial charge in [-0.3, -0.25) is 14.0 Å². The molecule has 1 aromatic carbocycles. The zero-order valence-electron chi connectivity index (χ0n) is 22.4. The van der Waals surface area contributed by atoms with Crippen molar-refractivity contribution < 1.29 is 0 Å². The molecule has 0 atom stereocenters. The van der Waals surface area contributed by atoms with Gasteiger partial charge in [-0.15, -0.1) is 0 Å². The number of anilines is 1. The molecule has 5 aromatic heterocycles. The number of piperazine rings is 1. The summed E-state index contributed by atoms with van der Waals surface area (Å²) in [6.45, 7) is 4.71. The number of rotatable bonds is 5. The molecule has 0 spiro atoms. The average Bonchev–Trinajstić information content (AvgIpc) is 3.71. The summed E-state index contributed by atoms with van der Waals surface area (Å²) in [6.07, 6.45) is 9.18. The maximum atomic E-state index is 9.71. The number of aryl methyl sites for hydroxylation is 2. The summed E-state index contributed by atoms with van der Waals surface area (Å²) in [7, 11) is 3.93. The fourth-order valence-corrected chi connectivity index (χ4v) is 5.53. The van der Waals surface area contributed by atoms with E-state index in [2.05, 4.69) is 71.9 Å². The van der Waals surface area contributed by atoms with E-state index in [0.717, 1.165) is 72.1 Å². The number of nitriles is 1. The standard InChI is InChI=1S/C30H28N10/c1-36-20-34-26-5-3-21(11-28(26)36)18-38-7-9-39(10-8-38)29-6-4-22(15-32-29)27-12-23(24-16-35-37(2)19-24)13-30-33-17-25(14-31)40(27)30/h3-6,11-13,15-17,19-20H,7-10,18H2,1-2H3. The molecule has 7 rings (SSSR count). The smallest absolute Gasteiger partial charge is 0.145 e. The van der Waals surface area contributed by atoms with Crippen LogP contribution >= 0.6 is 0 Å². The number of nitrogens with zero attached hydrogens (tertiary/aromatic N) is 10. The summed E-state index contributed by atoms with van der Waals surface area (Å²) in [6, 6.07) is 17.0. The largest absolute Gasteiger partial charge is 0.354 e. The van der Waals surface area contributed by atoms with Gasteiger partial charge in [-0.05, 0) is 47.5 Å². The maximum absolute atomic E-state index is 9.71. The number of imidazole rings is 2. The Kier molecular flexibility index (Phi) is 5.79. The third kappa shape index (κ3) is 4.26. The summed E-state index contributed by atoms with van der Waals surface area (Å²) in [5, 5.41) is 14.0. The quantitative estimate of drug-likeness (QED) is 0.335. The van der Waals surface area contributed by atoms with Crippen molar-refractivity contribution >= 4 is 22.5 Å². The van der Waals surface area contributed by atoms with Gasteiger partial charge in [0.15, 0.2) is 0 Å². The van der Waals surface area contributed by atoms with Gasteiger partial charge in [0.25, 0.3) is 0 Å². The van der Waals surface area contributed by atoms with Crippen LogP contribution < -0.4 is 4.90 Å². The van der Waals surface area contributed by atoms with E-state index in [1.54, 1.807) is 10.9 Å². The molecule has 1 aliphatic rings. The molecule has 40 heavy (non-hydrogen) atoms. The number of fused-ring (bicyclic) bond motifs is 2. The van der Waals surface area contributed by atoms with Gasteiger partial charge in [0.1, 0.15) is 23.2 Å². The fourth-order valence-electron chi connectivity index (χ4n) is 5.53. The molecular weight excluding hydrogens is 500 g/mol. The van der Waals surface area contributed by atoms with E-state index in [0.29, 0.717) is 5.69 Å². The number of aromatic nitrogens is 7. The van der Waals surface area contributed by atoms with E-state index < -0.39 is 0 Å². The average molecular weight is 529 g/mol. The van der Waals surface area contributed by atoms with Crippen LogP contribution in [0, 0.1) is 11.3 Å². The van der Waals surface area contributed by atoms with Crippen molar-refractivity contribution in [3.8, 4) is 28.5 Å². The van der Waals surface area contributed by atoms with Gasteiger partial charge in [-0.1, -0.05) is 6.07 Å². The van der Waals surface area contributed by atoms with Gasteiger partial charge in [0, 0.05) is 70.3 Å². The van der Waals surface area contributed by atoms with E-state index in [1.807, 2.05) is 49.5 Å². The minimum absolute atomic E-state index is 0.491. The van der Waals surface area contributed by atoms with Gasteiger partial charge < -0.3 is 9.47 Å². The molecule has 10 nitrogen and oxygen atoms in total. The van der Waals surface area contributed by atoms with Crippen molar-refractivity contribution in [1.82, 2.24) is 38.6 Å². The molecule has 1 aliphatic heterocycles. The maximum Gasteiger partial charge on any atom is 0.145 e. The van der Waals surface area contributed by atoms with Crippen molar-refractivity contribution in [2.24, 2.45) is 14.1 Å². The zero-order chi connectivity index (χ0) is 27.2. The zero-order valence-corrected chi connectivity index (χ0v) is 22.4. The summed E-state index contributed by atoms with van der Waals surface area (Å²) in [5.74, 6) is 0.963. The van der Waals surface area contributed by atoms with E-state index in [4.69, 9.17) is 4.98 Å². The molecule has 6 aromatic rings. The molecule has 10 heteroatoms. The molecule has 6 heterocycles. The molecule has 1 saturated heterocycles. The first-order valence-corrected chi connectivity index (χ1v) is 13.3. The van der Waals surface area contributed by atoms with Crippen LogP contribution in [0.2, 0.25) is 0 Å². The molecule has 1 fully saturated rings. The Morgan fingerprint density at radius 1 is 0.850 bits per heavy atom. The lowest BCUT2D eigenvalue weighted by Crippen LogP contribution is -2.46. The third-order valence-electron chi connectivity index (χ3n) is 7.70. The molecule has 0 radical (unpaired) electrons. The van der Waals surface area contributed by atoms with Gasteiger partial charge in [-0.25, -0.2) is 15.0 Å². The van der Waals surface area contributed by atoms with Crippen LogP contribution in [0.5, 0.6) is 0 Å². The van der Waals surface area contributed by atoms with Gasteiger partial charge in [-0.2, -0.15) is 10.4 Å². The van der Waals surface area contributed by atoms with Crippen LogP contribution in [0.3, 0.4) is 0 Å². The lowest BCUT2D eigenvalue weighted by Gasteiger charge is -2.35. The number of hydrogen-bond acceptors (Lipinski definition) is 7. The molecule has 0 saturated carbocycles. The van der Waals surface area contributed by atoms with Gasteiger partial charge in [0.05, 0.1) is 35.4 Å². The SMILES string of the molecule is Cn1cc(-c2cc(-c3ccc(N4CCN(Cc5ccc6ncn(C)c6c5)CC4)nc3)n3c(C#N)cnc3c2)cn1. The number of hydrogen-bond donors (Lipinski definition) is 0. The summed E-state index contributed by atoms with van der Waals surface area (Å²) < 4.78 is 5.74. The van der Waals surface area contributed by atoms with Crippen LogP contribution in [0.25, 0.3) is 39.1 Å². The summed E-state index contributed by atoms with van der Waals surface area (Å²) in [4.78, 5) is 18.6. The van der Waals surface area contributed by atoms with Crippen LogP contribution in [-0.2, 0) is 20.6 Å². The van der Waals surface area contributed by atoms with Gasteiger partial charge in [0.2, 0.25) is 0 Å². The summed E-state index contributed by atoms with van der Waals surface area (Å²) in [5.41, 5.74) is 8.51. The number of pyridine rings is 2. The lowest BCUT2D eigenvalue weighted by atomic mass is 10.1. The molecule has 0 unspecified atom stereocenters. The predicted molar refractivity (Wildman–Crippen MR) is 154 cm³/mol. The Hall–Kier alpha value is -5.01. The Morgan fingerprint density at radius 2 is 1.73 bits per heavy atom. The highest BCUT2D eigenvalue weighted by atomic mass is 15.3. The molecule has 198 valence electrons. The van der Waals surface area contributed by atoms with Crippen LogP contribution in [-0.4, -0.2) is 64.8 Å².